The third-order valence-corrected chi connectivity index (χ3v) is 0.656. The molecule has 0 aromatic carbocycles. The molecule has 0 saturated heterocycles. The molecule has 0 aromatic rings. The minimum Gasteiger partial charge on any atom is -0.211 e. The van der Waals surface area contributed by atoms with E-state index in [0.29, 0.717) is 19.5 Å². The Hall–Kier alpha value is -1.31. The summed E-state index contributed by atoms with van der Waals surface area (Å²) >= 11 is 0. The molecule has 0 aliphatic heterocycles. The Labute approximate surface area is 52.0 Å². The van der Waals surface area contributed by atoms with Gasteiger partial charge in [0.1, 0.15) is 0 Å². The molecular weight excluding hydrogens is 120 g/mol. The lowest BCUT2D eigenvalue weighted by molar-refractivity contribution is 0.562. The van der Waals surface area contributed by atoms with Gasteiger partial charge in [0.25, 0.3) is 0 Å². The molecule has 0 radical (unpaired) electrons. The van der Waals surface area contributed by atoms with Crippen molar-refractivity contribution in [1.82, 2.24) is 0 Å². The van der Waals surface area contributed by atoms with Crippen molar-refractivity contribution < 1.29 is 4.79 Å². The maximum atomic E-state index is 9.44. The molecule has 0 aromatic heterocycles. The first-order valence-electron chi connectivity index (χ1n) is 2.46. The summed E-state index contributed by atoms with van der Waals surface area (Å²) in [6, 6.07) is 0. The van der Waals surface area contributed by atoms with Gasteiger partial charge in [0.15, 0.2) is 0 Å². The topological polar surface area (TPSA) is 78.2 Å². The predicted molar refractivity (Wildman–Crippen MR) is 31.6 cm³/mol. The van der Waals surface area contributed by atoms with Crippen LogP contribution in [0.25, 0.3) is 10.4 Å². The Balaban J connectivity index is 3.09. The Kier molecular flexibility index (Phi) is 5.72. The molecule has 5 nitrogen and oxygen atoms in total. The Morgan fingerprint density at radius 2 is 2.33 bits per heavy atom. The SMILES string of the molecule is [N-]=[N+]=NCCCN=C=O. The molecule has 0 saturated carbocycles. The van der Waals surface area contributed by atoms with E-state index in [1.807, 2.05) is 0 Å². The van der Waals surface area contributed by atoms with Crippen molar-refractivity contribution in [3.05, 3.63) is 10.4 Å². The summed E-state index contributed by atoms with van der Waals surface area (Å²) in [6.45, 7) is 0.782. The molecule has 0 aliphatic carbocycles. The summed E-state index contributed by atoms with van der Waals surface area (Å²) < 4.78 is 0. The van der Waals surface area contributed by atoms with Crippen LogP contribution in [0.4, 0.5) is 0 Å². The zero-order valence-electron chi connectivity index (χ0n) is 4.82. The molecule has 0 spiro atoms. The summed E-state index contributed by atoms with van der Waals surface area (Å²) in [4.78, 5) is 15.2. The lowest BCUT2D eigenvalue weighted by Gasteiger charge is -1.81. The second-order valence-corrected chi connectivity index (χ2v) is 1.28. The largest absolute Gasteiger partial charge is 0.234 e. The fourth-order valence-corrected chi connectivity index (χ4v) is 0.311. The molecule has 9 heavy (non-hydrogen) atoms. The van der Waals surface area contributed by atoms with Crippen LogP contribution >= 0.6 is 0 Å². The highest BCUT2D eigenvalue weighted by molar-refractivity contribution is 5.32. The van der Waals surface area contributed by atoms with Crippen LogP contribution < -0.4 is 0 Å². The van der Waals surface area contributed by atoms with Crippen molar-refractivity contribution in [1.29, 1.82) is 0 Å². The second-order valence-electron chi connectivity index (χ2n) is 1.28. The quantitative estimate of drug-likeness (QED) is 0.138. The van der Waals surface area contributed by atoms with E-state index in [0.717, 1.165) is 0 Å². The first-order chi connectivity index (χ1) is 4.41. The first-order valence-corrected chi connectivity index (χ1v) is 2.46. The van der Waals surface area contributed by atoms with Gasteiger partial charge in [-0.3, -0.25) is 0 Å². The second kappa shape index (κ2) is 6.69. The Bertz CT molecular complexity index is 136. The summed E-state index contributed by atoms with van der Waals surface area (Å²) in [7, 11) is 0. The normalized spacial score (nSPS) is 7.11. The van der Waals surface area contributed by atoms with Gasteiger partial charge in [0.2, 0.25) is 6.08 Å². The summed E-state index contributed by atoms with van der Waals surface area (Å²) in [5.74, 6) is 0. The highest BCUT2D eigenvalue weighted by Gasteiger charge is 1.79. The van der Waals surface area contributed by atoms with Gasteiger partial charge in [-0.1, -0.05) is 5.11 Å². The van der Waals surface area contributed by atoms with E-state index >= 15 is 0 Å². The number of nitrogens with zero attached hydrogens (tertiary/aromatic N) is 4. The average molecular weight is 126 g/mol. The van der Waals surface area contributed by atoms with Crippen LogP contribution in [-0.2, 0) is 4.79 Å². The van der Waals surface area contributed by atoms with Crippen molar-refractivity contribution in [2.45, 2.75) is 6.42 Å². The van der Waals surface area contributed by atoms with E-state index in [9.17, 15) is 4.79 Å². The number of aliphatic imine (C=N–C) groups is 1. The molecule has 0 fully saturated rings. The lowest BCUT2D eigenvalue weighted by atomic mass is 10.4. The van der Waals surface area contributed by atoms with Crippen LogP contribution in [0.15, 0.2) is 10.1 Å². The third-order valence-electron chi connectivity index (χ3n) is 0.656. The fourth-order valence-electron chi connectivity index (χ4n) is 0.311. The summed E-state index contributed by atoms with van der Waals surface area (Å²) in [6.07, 6.45) is 2.00. The number of isocyanates is 1. The van der Waals surface area contributed by atoms with Gasteiger partial charge in [-0.05, 0) is 12.0 Å². The Morgan fingerprint density at radius 1 is 1.56 bits per heavy atom. The molecule has 0 heterocycles. The number of rotatable bonds is 4. The molecular formula is C4H6N4O. The van der Waals surface area contributed by atoms with Crippen LogP contribution in [0.5, 0.6) is 0 Å². The van der Waals surface area contributed by atoms with E-state index < -0.39 is 0 Å². The number of azide groups is 1. The smallest absolute Gasteiger partial charge is 0.211 e. The minimum atomic E-state index is 0.391. The molecule has 0 aliphatic rings. The first kappa shape index (κ1) is 7.69. The van der Waals surface area contributed by atoms with Crippen LogP contribution in [0.2, 0.25) is 0 Å². The molecule has 0 amide bonds. The molecule has 5 heteroatoms. The van der Waals surface area contributed by atoms with Gasteiger partial charge < -0.3 is 0 Å². The molecule has 0 rings (SSSR count). The van der Waals surface area contributed by atoms with Crippen LogP contribution in [-0.4, -0.2) is 19.2 Å². The predicted octanol–water partition coefficient (Wildman–Crippen LogP) is 1.02. The number of carbonyl (C=O) groups excluding carboxylic acids is 1. The van der Waals surface area contributed by atoms with Crippen LogP contribution in [0, 0.1) is 0 Å². The summed E-state index contributed by atoms with van der Waals surface area (Å²) in [5, 5.41) is 3.23. The van der Waals surface area contributed by atoms with Crippen molar-refractivity contribution in [3.8, 4) is 0 Å². The fraction of sp³-hybridized carbons (Fsp3) is 0.750. The minimum absolute atomic E-state index is 0.391. The zero-order valence-corrected chi connectivity index (χ0v) is 4.82. The number of hydrogen-bond acceptors (Lipinski definition) is 3. The molecule has 0 N–H and O–H groups in total. The maximum absolute atomic E-state index is 9.44. The van der Waals surface area contributed by atoms with Crippen molar-refractivity contribution in [3.63, 3.8) is 0 Å². The van der Waals surface area contributed by atoms with Gasteiger partial charge in [-0.2, -0.15) is 0 Å². The molecule has 0 atom stereocenters. The van der Waals surface area contributed by atoms with Crippen molar-refractivity contribution in [2.24, 2.45) is 10.1 Å². The van der Waals surface area contributed by atoms with Crippen molar-refractivity contribution >= 4 is 6.08 Å². The van der Waals surface area contributed by atoms with Gasteiger partial charge in [0, 0.05) is 11.5 Å². The monoisotopic (exact) mass is 126 g/mol. The third kappa shape index (κ3) is 6.69. The van der Waals surface area contributed by atoms with E-state index in [2.05, 4.69) is 15.0 Å². The standard InChI is InChI=1S/C4H6N4O/c5-8-7-3-1-2-6-4-9/h1-3H2. The van der Waals surface area contributed by atoms with Gasteiger partial charge in [-0.25, -0.2) is 9.79 Å². The zero-order chi connectivity index (χ0) is 6.95. The van der Waals surface area contributed by atoms with Gasteiger partial charge >= 0.3 is 0 Å². The van der Waals surface area contributed by atoms with E-state index in [4.69, 9.17) is 5.53 Å². The van der Waals surface area contributed by atoms with E-state index in [-0.39, 0.29) is 0 Å². The molecule has 48 valence electrons. The molecule has 0 unspecified atom stereocenters. The molecule has 0 bridgehead atoms. The highest BCUT2D eigenvalue weighted by Crippen LogP contribution is 1.80. The van der Waals surface area contributed by atoms with Crippen LogP contribution in [0.1, 0.15) is 6.42 Å². The average Bonchev–Trinajstić information content (AvgIpc) is 1.89. The lowest BCUT2D eigenvalue weighted by Crippen LogP contribution is -1.82. The number of hydrogen-bond donors (Lipinski definition) is 0. The van der Waals surface area contributed by atoms with E-state index in [1.165, 1.54) is 6.08 Å². The van der Waals surface area contributed by atoms with Crippen LogP contribution in [0.3, 0.4) is 0 Å². The van der Waals surface area contributed by atoms with Crippen molar-refractivity contribution in [2.75, 3.05) is 13.1 Å². The van der Waals surface area contributed by atoms with Gasteiger partial charge in [0.05, 0.1) is 6.54 Å². The maximum Gasteiger partial charge on any atom is 0.234 e. The Morgan fingerprint density at radius 3 is 2.89 bits per heavy atom. The highest BCUT2D eigenvalue weighted by atomic mass is 16.1. The summed E-state index contributed by atoms with van der Waals surface area (Å²) in [5.41, 5.74) is 7.77. The van der Waals surface area contributed by atoms with Gasteiger partial charge in [-0.15, -0.1) is 0 Å². The van der Waals surface area contributed by atoms with E-state index in [1.54, 1.807) is 0 Å².